The number of rotatable bonds is 4. The number of carbonyl (C=O) groups excluding carboxylic acids is 2. The smallest absolute Gasteiger partial charge is 0.231 e. The molecule has 4 rings (SSSR count). The average Bonchev–Trinajstić information content (AvgIpc) is 2.72. The van der Waals surface area contributed by atoms with Gasteiger partial charge in [-0.05, 0) is 48.6 Å². The summed E-state index contributed by atoms with van der Waals surface area (Å²) in [6, 6.07) is 6.29. The zero-order valence-electron chi connectivity index (χ0n) is 15.4. The van der Waals surface area contributed by atoms with E-state index in [0.29, 0.717) is 5.56 Å². The maximum atomic E-state index is 13.5. The van der Waals surface area contributed by atoms with E-state index in [9.17, 15) is 14.0 Å². The van der Waals surface area contributed by atoms with E-state index in [-0.39, 0.29) is 35.4 Å². The average molecular weight is 379 g/mol. The van der Waals surface area contributed by atoms with Crippen molar-refractivity contribution in [3.63, 3.8) is 0 Å². The number of carbonyl (C=O) groups is 2. The third kappa shape index (κ3) is 3.72. The van der Waals surface area contributed by atoms with Gasteiger partial charge in [0.15, 0.2) is 5.78 Å². The molecule has 144 valence electrons. The minimum absolute atomic E-state index is 0.0758. The van der Waals surface area contributed by atoms with Gasteiger partial charge in [-0.25, -0.2) is 14.4 Å². The Balaban J connectivity index is 1.67. The fraction of sp³-hybridized carbons (Fsp3) is 0.364. The second-order valence-electron chi connectivity index (χ2n) is 7.53. The Bertz CT molecular complexity index is 882. The number of hydrogen-bond donors (Lipinski definition) is 1. The van der Waals surface area contributed by atoms with Gasteiger partial charge in [-0.3, -0.25) is 9.59 Å². The highest BCUT2D eigenvalue weighted by molar-refractivity contribution is 6.09. The number of benzene rings is 1. The van der Waals surface area contributed by atoms with Crippen LogP contribution in [0.25, 0.3) is 6.08 Å². The van der Waals surface area contributed by atoms with E-state index in [4.69, 9.17) is 0 Å². The summed E-state index contributed by atoms with van der Waals surface area (Å²) in [7, 11) is 0. The Morgan fingerprint density at radius 3 is 2.57 bits per heavy atom. The van der Waals surface area contributed by atoms with Gasteiger partial charge in [-0.1, -0.05) is 25.0 Å². The third-order valence-corrected chi connectivity index (χ3v) is 5.83. The Morgan fingerprint density at radius 2 is 1.82 bits per heavy atom. The second kappa shape index (κ2) is 8.00. The van der Waals surface area contributed by atoms with Gasteiger partial charge < -0.3 is 5.32 Å². The molecular formula is C22H22FN3O2. The van der Waals surface area contributed by atoms with Crippen LogP contribution in [0.1, 0.15) is 42.7 Å². The van der Waals surface area contributed by atoms with Crippen LogP contribution in [0.4, 0.5) is 4.39 Å². The maximum Gasteiger partial charge on any atom is 0.231 e. The van der Waals surface area contributed by atoms with E-state index in [1.54, 1.807) is 30.6 Å². The number of hydrogen-bond acceptors (Lipinski definition) is 4. The van der Waals surface area contributed by atoms with Gasteiger partial charge in [0.1, 0.15) is 18.1 Å². The molecule has 1 saturated heterocycles. The van der Waals surface area contributed by atoms with Crippen molar-refractivity contribution >= 4 is 17.8 Å². The van der Waals surface area contributed by atoms with Gasteiger partial charge in [-0.15, -0.1) is 0 Å². The van der Waals surface area contributed by atoms with Gasteiger partial charge in [0.05, 0.1) is 0 Å². The Morgan fingerprint density at radius 1 is 1.11 bits per heavy atom. The van der Waals surface area contributed by atoms with E-state index < -0.39 is 5.92 Å². The van der Waals surface area contributed by atoms with Crippen molar-refractivity contribution < 1.29 is 14.0 Å². The van der Waals surface area contributed by atoms with Crippen LogP contribution < -0.4 is 5.32 Å². The molecule has 1 amide bonds. The minimum atomic E-state index is -0.814. The van der Waals surface area contributed by atoms with Gasteiger partial charge in [0.25, 0.3) is 0 Å². The number of nitrogens with zero attached hydrogens (tertiary/aromatic N) is 2. The predicted octanol–water partition coefficient (Wildman–Crippen LogP) is 3.29. The van der Waals surface area contributed by atoms with Crippen LogP contribution in [0.3, 0.4) is 0 Å². The summed E-state index contributed by atoms with van der Waals surface area (Å²) in [6.45, 7) is 0. The first-order valence-electron chi connectivity index (χ1n) is 9.66. The molecule has 6 heteroatoms. The van der Waals surface area contributed by atoms with Crippen LogP contribution >= 0.6 is 0 Å². The summed E-state index contributed by atoms with van der Waals surface area (Å²) in [5.41, 5.74) is 1.55. The van der Waals surface area contributed by atoms with Crippen LogP contribution in [-0.4, -0.2) is 27.7 Å². The number of amides is 1. The van der Waals surface area contributed by atoms with Crippen LogP contribution in [-0.2, 0) is 9.59 Å². The van der Waals surface area contributed by atoms with Crippen LogP contribution in [0.2, 0.25) is 0 Å². The molecule has 2 aliphatic rings. The van der Waals surface area contributed by atoms with E-state index in [2.05, 4.69) is 15.3 Å². The zero-order valence-corrected chi connectivity index (χ0v) is 15.4. The molecule has 5 nitrogen and oxygen atoms in total. The fourth-order valence-electron chi connectivity index (χ4n) is 4.56. The maximum absolute atomic E-state index is 13.5. The topological polar surface area (TPSA) is 72.0 Å². The van der Waals surface area contributed by atoms with Gasteiger partial charge in [-0.2, -0.15) is 0 Å². The molecule has 0 radical (unpaired) electrons. The fourth-order valence-corrected chi connectivity index (χ4v) is 4.56. The van der Waals surface area contributed by atoms with Crippen molar-refractivity contribution in [2.45, 2.75) is 37.6 Å². The van der Waals surface area contributed by atoms with E-state index >= 15 is 0 Å². The van der Waals surface area contributed by atoms with Gasteiger partial charge in [0.2, 0.25) is 5.91 Å². The standard InChI is InChI=1S/C22H22FN3O2/c23-16-8-6-15(7-9-16)20-17-3-1-2-4-18(17)26-22(28)21(20)19(27)10-5-14-11-24-13-25-12-14/h5-13,17-18,20-21H,1-4H2,(H,26,28)/b10-5+. The monoisotopic (exact) mass is 379 g/mol. The zero-order chi connectivity index (χ0) is 19.5. The Hall–Kier alpha value is -2.89. The molecule has 28 heavy (non-hydrogen) atoms. The molecule has 1 aliphatic heterocycles. The van der Waals surface area contributed by atoms with Crippen molar-refractivity contribution in [1.82, 2.24) is 15.3 Å². The van der Waals surface area contributed by atoms with Gasteiger partial charge in [0, 0.05) is 29.9 Å². The lowest BCUT2D eigenvalue weighted by molar-refractivity contribution is -0.137. The van der Waals surface area contributed by atoms with E-state index in [1.165, 1.54) is 24.5 Å². The molecule has 2 fully saturated rings. The summed E-state index contributed by atoms with van der Waals surface area (Å²) < 4.78 is 13.5. The van der Waals surface area contributed by atoms with Crippen LogP contribution in [0.15, 0.2) is 49.1 Å². The second-order valence-corrected chi connectivity index (χ2v) is 7.53. The summed E-state index contributed by atoms with van der Waals surface area (Å²) in [4.78, 5) is 33.8. The summed E-state index contributed by atoms with van der Waals surface area (Å²) in [5.74, 6) is -1.69. The first-order chi connectivity index (χ1) is 13.6. The lowest BCUT2D eigenvalue weighted by Crippen LogP contribution is -2.56. The quantitative estimate of drug-likeness (QED) is 0.654. The molecule has 2 heterocycles. The minimum Gasteiger partial charge on any atom is -0.352 e. The normalized spacial score (nSPS) is 27.2. The van der Waals surface area contributed by atoms with Crippen molar-refractivity contribution in [2.75, 3.05) is 0 Å². The Labute approximate surface area is 163 Å². The molecule has 4 unspecified atom stereocenters. The summed E-state index contributed by atoms with van der Waals surface area (Å²) in [6.07, 6.45) is 11.7. The lowest BCUT2D eigenvalue weighted by atomic mass is 9.64. The van der Waals surface area contributed by atoms with Crippen LogP contribution in [0.5, 0.6) is 0 Å². The molecule has 2 aromatic rings. The highest BCUT2D eigenvalue weighted by Crippen LogP contribution is 2.44. The molecule has 1 aromatic carbocycles. The SMILES string of the molecule is O=C(/C=C/c1cncnc1)C1C(=O)NC2CCCCC2C1c1ccc(F)cc1. The Kier molecular flexibility index (Phi) is 5.28. The lowest BCUT2D eigenvalue weighted by Gasteiger charge is -2.45. The number of aromatic nitrogens is 2. The molecule has 0 bridgehead atoms. The molecular weight excluding hydrogens is 357 g/mol. The third-order valence-electron chi connectivity index (χ3n) is 5.83. The molecule has 1 saturated carbocycles. The predicted molar refractivity (Wildman–Crippen MR) is 103 cm³/mol. The van der Waals surface area contributed by atoms with Crippen molar-refractivity contribution in [2.24, 2.45) is 11.8 Å². The summed E-state index contributed by atoms with van der Waals surface area (Å²) >= 11 is 0. The largest absolute Gasteiger partial charge is 0.352 e. The number of halogens is 1. The van der Waals surface area contributed by atoms with Gasteiger partial charge >= 0.3 is 0 Å². The summed E-state index contributed by atoms with van der Waals surface area (Å²) in [5, 5.41) is 3.07. The number of ketones is 1. The van der Waals surface area contributed by atoms with E-state index in [1.807, 2.05) is 0 Å². The first kappa shape index (κ1) is 18.5. The van der Waals surface area contributed by atoms with Crippen molar-refractivity contribution in [3.8, 4) is 0 Å². The van der Waals surface area contributed by atoms with Crippen molar-refractivity contribution in [1.29, 1.82) is 0 Å². The number of allylic oxidation sites excluding steroid dienone is 1. The number of fused-ring (bicyclic) bond motifs is 1. The van der Waals surface area contributed by atoms with Crippen LogP contribution in [0, 0.1) is 17.7 Å². The molecule has 1 N–H and O–H groups in total. The number of piperidine rings is 1. The first-order valence-corrected chi connectivity index (χ1v) is 9.66. The van der Waals surface area contributed by atoms with E-state index in [0.717, 1.165) is 31.2 Å². The number of nitrogens with one attached hydrogen (secondary N) is 1. The van der Waals surface area contributed by atoms with Crippen molar-refractivity contribution in [3.05, 3.63) is 66.0 Å². The highest BCUT2D eigenvalue weighted by Gasteiger charge is 2.47. The molecule has 4 atom stereocenters. The highest BCUT2D eigenvalue weighted by atomic mass is 19.1. The molecule has 0 spiro atoms. The molecule has 1 aliphatic carbocycles. The molecule has 1 aromatic heterocycles.